The highest BCUT2D eigenvalue weighted by molar-refractivity contribution is 6.32. The topological polar surface area (TPSA) is 73.2 Å². The number of ether oxygens (including phenoxy) is 2. The number of methoxy groups -OCH3 is 1. The van der Waals surface area contributed by atoms with Crippen molar-refractivity contribution in [1.82, 2.24) is 10.2 Å². The minimum atomic E-state index is 0.434. The van der Waals surface area contributed by atoms with Gasteiger partial charge in [-0.05, 0) is 30.9 Å². The highest BCUT2D eigenvalue weighted by Crippen LogP contribution is 2.40. The van der Waals surface area contributed by atoms with Crippen molar-refractivity contribution in [3.63, 3.8) is 0 Å². The van der Waals surface area contributed by atoms with E-state index in [9.17, 15) is 0 Å². The van der Waals surface area contributed by atoms with Crippen LogP contribution in [-0.2, 0) is 0 Å². The molecule has 0 aliphatic heterocycles. The van der Waals surface area contributed by atoms with E-state index in [-0.39, 0.29) is 0 Å². The number of nitrogens with two attached hydrogens (primary N) is 1. The first-order valence-electron chi connectivity index (χ1n) is 6.49. The van der Waals surface area contributed by atoms with Crippen LogP contribution in [0, 0.1) is 5.92 Å². The molecule has 1 aliphatic carbocycles. The minimum Gasteiger partial charge on any atom is -0.493 e. The number of nitrogens with zero attached hydrogens (tertiary/aromatic N) is 1. The molecular weight excluding hydrogens is 278 g/mol. The number of aromatic amines is 1. The number of halogens is 1. The summed E-state index contributed by atoms with van der Waals surface area (Å²) in [6.45, 7) is 0.687. The van der Waals surface area contributed by atoms with Crippen LogP contribution in [0.3, 0.4) is 0 Å². The van der Waals surface area contributed by atoms with Crippen LogP contribution in [0.5, 0.6) is 11.5 Å². The van der Waals surface area contributed by atoms with E-state index >= 15 is 0 Å². The molecule has 0 atom stereocenters. The Balaban J connectivity index is 1.91. The van der Waals surface area contributed by atoms with Gasteiger partial charge < -0.3 is 15.2 Å². The van der Waals surface area contributed by atoms with Gasteiger partial charge in [-0.15, -0.1) is 0 Å². The van der Waals surface area contributed by atoms with E-state index in [0.29, 0.717) is 34.9 Å². The van der Waals surface area contributed by atoms with E-state index in [1.807, 2.05) is 12.1 Å². The van der Waals surface area contributed by atoms with Crippen molar-refractivity contribution >= 4 is 17.4 Å². The number of nitrogen functional groups attached to an aromatic ring is 1. The Hall–Kier alpha value is -1.88. The first kappa shape index (κ1) is 13.1. The third-order valence-electron chi connectivity index (χ3n) is 3.30. The quantitative estimate of drug-likeness (QED) is 0.888. The molecule has 1 fully saturated rings. The SMILES string of the molecule is COc1cc(-c2cc(N)n[nH]2)cc(Cl)c1OCC1CC1. The monoisotopic (exact) mass is 293 g/mol. The van der Waals surface area contributed by atoms with Gasteiger partial charge in [-0.1, -0.05) is 11.6 Å². The fourth-order valence-corrected chi connectivity index (χ4v) is 2.25. The highest BCUT2D eigenvalue weighted by atomic mass is 35.5. The number of nitrogens with one attached hydrogen (secondary N) is 1. The van der Waals surface area contributed by atoms with Crippen LogP contribution < -0.4 is 15.2 Å². The zero-order valence-corrected chi connectivity index (χ0v) is 11.9. The van der Waals surface area contributed by atoms with Gasteiger partial charge in [-0.25, -0.2) is 0 Å². The molecule has 0 radical (unpaired) electrons. The Labute approximate surface area is 122 Å². The van der Waals surface area contributed by atoms with Crippen molar-refractivity contribution in [3.05, 3.63) is 23.2 Å². The van der Waals surface area contributed by atoms with Crippen LogP contribution in [0.4, 0.5) is 5.82 Å². The summed E-state index contributed by atoms with van der Waals surface area (Å²) >= 11 is 6.30. The lowest BCUT2D eigenvalue weighted by Crippen LogP contribution is -2.01. The smallest absolute Gasteiger partial charge is 0.179 e. The summed E-state index contributed by atoms with van der Waals surface area (Å²) in [6, 6.07) is 5.43. The Kier molecular flexibility index (Phi) is 3.44. The van der Waals surface area contributed by atoms with Crippen molar-refractivity contribution in [1.29, 1.82) is 0 Å². The minimum absolute atomic E-state index is 0.434. The maximum atomic E-state index is 6.30. The molecule has 2 aromatic rings. The molecule has 3 N–H and O–H groups in total. The van der Waals surface area contributed by atoms with Crippen LogP contribution in [0.2, 0.25) is 5.02 Å². The number of rotatable bonds is 5. The maximum absolute atomic E-state index is 6.30. The average molecular weight is 294 g/mol. The van der Waals surface area contributed by atoms with Gasteiger partial charge in [0.25, 0.3) is 0 Å². The third kappa shape index (κ3) is 2.67. The second-order valence-electron chi connectivity index (χ2n) is 4.95. The van der Waals surface area contributed by atoms with Crippen LogP contribution in [0.25, 0.3) is 11.3 Å². The summed E-state index contributed by atoms with van der Waals surface area (Å²) in [5.74, 6) is 2.30. The summed E-state index contributed by atoms with van der Waals surface area (Å²) in [4.78, 5) is 0. The fourth-order valence-electron chi connectivity index (χ4n) is 1.99. The van der Waals surface area contributed by atoms with E-state index in [2.05, 4.69) is 10.2 Å². The van der Waals surface area contributed by atoms with Crippen LogP contribution in [-0.4, -0.2) is 23.9 Å². The zero-order valence-electron chi connectivity index (χ0n) is 11.1. The molecule has 0 amide bonds. The van der Waals surface area contributed by atoms with Crippen LogP contribution in [0.15, 0.2) is 18.2 Å². The van der Waals surface area contributed by atoms with E-state index in [0.717, 1.165) is 11.3 Å². The summed E-state index contributed by atoms with van der Waals surface area (Å²) < 4.78 is 11.1. The predicted octanol–water partition coefficient (Wildman–Crippen LogP) is 3.11. The number of hydrogen-bond acceptors (Lipinski definition) is 4. The number of H-pyrrole nitrogens is 1. The standard InChI is InChI=1S/C14H16ClN3O2/c1-19-12-5-9(11-6-13(16)18-17-11)4-10(15)14(12)20-7-8-2-3-8/h4-6,8H,2-3,7H2,1H3,(H3,16,17,18). The van der Waals surface area contributed by atoms with E-state index in [1.165, 1.54) is 12.8 Å². The normalized spacial score (nSPS) is 14.3. The molecule has 0 bridgehead atoms. The van der Waals surface area contributed by atoms with Crippen molar-refractivity contribution in [3.8, 4) is 22.8 Å². The highest BCUT2D eigenvalue weighted by Gasteiger charge is 2.23. The van der Waals surface area contributed by atoms with Gasteiger partial charge in [-0.3, -0.25) is 5.10 Å². The molecule has 1 heterocycles. The Morgan fingerprint density at radius 1 is 1.40 bits per heavy atom. The van der Waals surface area contributed by atoms with Crippen molar-refractivity contribution in [2.24, 2.45) is 5.92 Å². The molecule has 5 nitrogen and oxygen atoms in total. The van der Waals surface area contributed by atoms with Crippen molar-refractivity contribution in [2.75, 3.05) is 19.5 Å². The molecule has 106 valence electrons. The number of anilines is 1. The number of benzene rings is 1. The lowest BCUT2D eigenvalue weighted by atomic mass is 10.1. The Morgan fingerprint density at radius 3 is 2.80 bits per heavy atom. The first-order chi connectivity index (χ1) is 9.67. The maximum Gasteiger partial charge on any atom is 0.179 e. The molecule has 1 aromatic heterocycles. The van der Waals surface area contributed by atoms with Gasteiger partial charge in [0.15, 0.2) is 11.5 Å². The molecule has 0 spiro atoms. The van der Waals surface area contributed by atoms with Gasteiger partial charge >= 0.3 is 0 Å². The van der Waals surface area contributed by atoms with Gasteiger partial charge in [0.2, 0.25) is 0 Å². The molecule has 6 heteroatoms. The summed E-state index contributed by atoms with van der Waals surface area (Å²) in [5.41, 5.74) is 7.26. The van der Waals surface area contributed by atoms with Gasteiger partial charge in [-0.2, -0.15) is 5.10 Å². The van der Waals surface area contributed by atoms with Crippen molar-refractivity contribution in [2.45, 2.75) is 12.8 Å². The summed E-state index contributed by atoms with van der Waals surface area (Å²) in [5, 5.41) is 7.28. The van der Waals surface area contributed by atoms with E-state index < -0.39 is 0 Å². The molecular formula is C14H16ClN3O2. The molecule has 1 aliphatic rings. The first-order valence-corrected chi connectivity index (χ1v) is 6.86. The van der Waals surface area contributed by atoms with Gasteiger partial charge in [0.1, 0.15) is 5.82 Å². The molecule has 3 rings (SSSR count). The third-order valence-corrected chi connectivity index (χ3v) is 3.58. The largest absolute Gasteiger partial charge is 0.493 e. The van der Waals surface area contributed by atoms with Gasteiger partial charge in [0, 0.05) is 11.6 Å². The second-order valence-corrected chi connectivity index (χ2v) is 5.36. The predicted molar refractivity (Wildman–Crippen MR) is 78.2 cm³/mol. The van der Waals surface area contributed by atoms with Gasteiger partial charge in [0.05, 0.1) is 24.4 Å². The van der Waals surface area contributed by atoms with Crippen molar-refractivity contribution < 1.29 is 9.47 Å². The Bertz CT molecular complexity index is 623. The average Bonchev–Trinajstić information content (AvgIpc) is 3.16. The lowest BCUT2D eigenvalue weighted by molar-refractivity contribution is 0.280. The second kappa shape index (κ2) is 5.25. The zero-order chi connectivity index (χ0) is 14.1. The van der Waals surface area contributed by atoms with Crippen LogP contribution >= 0.6 is 11.6 Å². The van der Waals surface area contributed by atoms with E-state index in [4.69, 9.17) is 26.8 Å². The van der Waals surface area contributed by atoms with Crippen LogP contribution in [0.1, 0.15) is 12.8 Å². The number of aromatic nitrogens is 2. The molecule has 20 heavy (non-hydrogen) atoms. The Morgan fingerprint density at radius 2 is 2.20 bits per heavy atom. The molecule has 0 saturated heterocycles. The lowest BCUT2D eigenvalue weighted by Gasteiger charge is -2.13. The molecule has 0 unspecified atom stereocenters. The molecule has 1 saturated carbocycles. The summed E-state index contributed by atoms with van der Waals surface area (Å²) in [6.07, 6.45) is 2.46. The van der Waals surface area contributed by atoms with E-state index in [1.54, 1.807) is 13.2 Å². The molecule has 1 aromatic carbocycles. The number of hydrogen-bond donors (Lipinski definition) is 2. The summed E-state index contributed by atoms with van der Waals surface area (Å²) in [7, 11) is 1.60. The fraction of sp³-hybridized carbons (Fsp3) is 0.357.